The molecule has 2 aromatic rings. The fourth-order valence-corrected chi connectivity index (χ4v) is 3.23. The number of aryl methyl sites for hydroxylation is 3. The van der Waals surface area contributed by atoms with Gasteiger partial charge in [0.25, 0.3) is 5.91 Å². The molecule has 0 aliphatic rings. The number of aromatic hydroxyl groups is 1. The molecule has 0 spiro atoms. The van der Waals surface area contributed by atoms with E-state index in [0.29, 0.717) is 23.4 Å². The van der Waals surface area contributed by atoms with Gasteiger partial charge in [0, 0.05) is 23.4 Å². The molecule has 0 saturated carbocycles. The van der Waals surface area contributed by atoms with Gasteiger partial charge in [0.15, 0.2) is 0 Å². The number of hydrogen-bond acceptors (Lipinski definition) is 5. The van der Waals surface area contributed by atoms with Crippen molar-refractivity contribution in [2.45, 2.75) is 47.5 Å². The summed E-state index contributed by atoms with van der Waals surface area (Å²) in [7, 11) is 0. The van der Waals surface area contributed by atoms with E-state index in [-0.39, 0.29) is 24.1 Å². The third-order valence-corrected chi connectivity index (χ3v) is 4.60. The zero-order valence-corrected chi connectivity index (χ0v) is 18.2. The Bertz CT molecular complexity index is 944. The molecule has 2 rings (SSSR count). The number of hydrogen-bond donors (Lipinski definition) is 4. The molecule has 0 unspecified atom stereocenters. The van der Waals surface area contributed by atoms with Gasteiger partial charge in [-0.25, -0.2) is 5.43 Å². The molecular weight excluding hydrogens is 380 g/mol. The zero-order chi connectivity index (χ0) is 22.3. The van der Waals surface area contributed by atoms with Crippen molar-refractivity contribution in [2.24, 2.45) is 5.10 Å². The van der Waals surface area contributed by atoms with Gasteiger partial charge in [-0.1, -0.05) is 24.6 Å². The van der Waals surface area contributed by atoms with Crippen LogP contribution in [0.3, 0.4) is 0 Å². The highest BCUT2D eigenvalue weighted by Crippen LogP contribution is 2.23. The summed E-state index contributed by atoms with van der Waals surface area (Å²) in [6.45, 7) is 9.70. The van der Waals surface area contributed by atoms with Gasteiger partial charge in [0.05, 0.1) is 12.3 Å². The summed E-state index contributed by atoms with van der Waals surface area (Å²) in [6.07, 6.45) is 1.17. The third-order valence-electron chi connectivity index (χ3n) is 4.60. The van der Waals surface area contributed by atoms with Crippen LogP contribution in [0.25, 0.3) is 0 Å². The van der Waals surface area contributed by atoms with Crippen molar-refractivity contribution in [3.8, 4) is 5.75 Å². The van der Waals surface area contributed by atoms with Gasteiger partial charge >= 0.3 is 0 Å². The number of carbonyl (C=O) groups excluding carboxylic acids is 2. The second-order valence-electron chi connectivity index (χ2n) is 7.39. The van der Waals surface area contributed by atoms with E-state index in [9.17, 15) is 14.7 Å². The minimum atomic E-state index is -0.305. The smallest absolute Gasteiger partial charge is 0.259 e. The van der Waals surface area contributed by atoms with Crippen LogP contribution >= 0.6 is 0 Å². The maximum Gasteiger partial charge on any atom is 0.259 e. The zero-order valence-electron chi connectivity index (χ0n) is 18.2. The maximum atomic E-state index is 12.2. The molecule has 30 heavy (non-hydrogen) atoms. The molecule has 7 heteroatoms. The minimum absolute atomic E-state index is 0.0167. The third kappa shape index (κ3) is 6.34. The molecule has 2 aromatic carbocycles. The number of nitrogens with zero attached hydrogens (tertiary/aromatic N) is 1. The fourth-order valence-electron chi connectivity index (χ4n) is 3.23. The van der Waals surface area contributed by atoms with Crippen LogP contribution in [0.1, 0.15) is 48.9 Å². The lowest BCUT2D eigenvalue weighted by molar-refractivity contribution is -0.119. The molecule has 160 valence electrons. The molecule has 4 N–H and O–H groups in total. The molecule has 0 radical (unpaired) electrons. The van der Waals surface area contributed by atoms with Crippen LogP contribution in [0.5, 0.6) is 5.75 Å². The minimum Gasteiger partial charge on any atom is -0.507 e. The summed E-state index contributed by atoms with van der Waals surface area (Å²) >= 11 is 0. The van der Waals surface area contributed by atoms with E-state index in [1.807, 2.05) is 27.7 Å². The van der Waals surface area contributed by atoms with Crippen molar-refractivity contribution in [3.63, 3.8) is 0 Å². The van der Waals surface area contributed by atoms with Crippen molar-refractivity contribution in [1.82, 2.24) is 5.43 Å². The molecule has 0 aliphatic heterocycles. The Balaban J connectivity index is 2.02. The fraction of sp³-hybridized carbons (Fsp3) is 0.348. The van der Waals surface area contributed by atoms with Gasteiger partial charge in [0.2, 0.25) is 5.91 Å². The summed E-state index contributed by atoms with van der Waals surface area (Å²) in [5.41, 5.74) is 8.18. The van der Waals surface area contributed by atoms with E-state index >= 15 is 0 Å². The van der Waals surface area contributed by atoms with Crippen molar-refractivity contribution in [2.75, 3.05) is 17.2 Å². The number of carbonyl (C=O) groups is 2. The molecule has 0 bridgehead atoms. The molecule has 7 nitrogen and oxygen atoms in total. The molecule has 0 aliphatic carbocycles. The first-order valence-corrected chi connectivity index (χ1v) is 9.99. The highest BCUT2D eigenvalue weighted by molar-refractivity contribution is 6.03. The van der Waals surface area contributed by atoms with Crippen LogP contribution in [-0.2, 0) is 9.59 Å². The van der Waals surface area contributed by atoms with Crippen LogP contribution in [0.4, 0.5) is 11.4 Å². The Labute approximate surface area is 177 Å². The lowest BCUT2D eigenvalue weighted by Gasteiger charge is -2.13. The number of anilines is 2. The van der Waals surface area contributed by atoms with Crippen molar-refractivity contribution in [3.05, 3.63) is 52.6 Å². The molecule has 0 saturated heterocycles. The molecule has 0 heterocycles. The van der Waals surface area contributed by atoms with Crippen molar-refractivity contribution < 1.29 is 14.7 Å². The number of amides is 2. The van der Waals surface area contributed by atoms with Gasteiger partial charge in [-0.2, -0.15) is 5.10 Å². The Morgan fingerprint density at radius 1 is 1.03 bits per heavy atom. The van der Waals surface area contributed by atoms with Gasteiger partial charge in [-0.15, -0.1) is 0 Å². The summed E-state index contributed by atoms with van der Waals surface area (Å²) < 4.78 is 0. The first kappa shape index (κ1) is 22.9. The van der Waals surface area contributed by atoms with Crippen LogP contribution in [0.2, 0.25) is 0 Å². The van der Waals surface area contributed by atoms with Gasteiger partial charge in [-0.3, -0.25) is 9.59 Å². The van der Waals surface area contributed by atoms with Gasteiger partial charge in [-0.05, 0) is 63.4 Å². The first-order valence-electron chi connectivity index (χ1n) is 9.99. The number of rotatable bonds is 8. The molecule has 0 aromatic heterocycles. The highest BCUT2D eigenvalue weighted by Gasteiger charge is 2.10. The number of phenols is 1. The molecule has 2 amide bonds. The van der Waals surface area contributed by atoms with E-state index in [4.69, 9.17) is 0 Å². The van der Waals surface area contributed by atoms with E-state index in [0.717, 1.165) is 23.2 Å². The maximum absolute atomic E-state index is 12.2. The standard InChI is InChI=1S/C23H30N4O3/c1-6-7-21(29)25-18-8-9-20(28)19(12-18)17(5)26-27-22(30)13-24-23-15(3)10-14(2)11-16(23)4/h8-12,24,28H,6-7,13H2,1-5H3,(H,25,29)(H,27,30)/b26-17+. The van der Waals surface area contributed by atoms with Crippen LogP contribution in [-0.4, -0.2) is 29.2 Å². The molecule has 0 atom stereocenters. The van der Waals surface area contributed by atoms with E-state index in [2.05, 4.69) is 33.3 Å². The summed E-state index contributed by atoms with van der Waals surface area (Å²) in [4.78, 5) is 24.0. The summed E-state index contributed by atoms with van der Waals surface area (Å²) in [5.74, 6) is -0.381. The summed E-state index contributed by atoms with van der Waals surface area (Å²) in [6, 6.07) is 8.86. The second-order valence-corrected chi connectivity index (χ2v) is 7.39. The van der Waals surface area contributed by atoms with Crippen molar-refractivity contribution in [1.29, 1.82) is 0 Å². The quantitative estimate of drug-likeness (QED) is 0.300. The largest absolute Gasteiger partial charge is 0.507 e. The number of nitrogens with one attached hydrogen (secondary N) is 3. The molecule has 0 fully saturated rings. The number of phenolic OH excluding ortho intramolecular Hbond substituents is 1. The van der Waals surface area contributed by atoms with Crippen molar-refractivity contribution >= 4 is 28.9 Å². The SMILES string of the molecule is CCCC(=O)Nc1ccc(O)c(/C(C)=N/NC(=O)CNc2c(C)cc(C)cc2C)c1. The Hall–Kier alpha value is -3.35. The van der Waals surface area contributed by atoms with E-state index < -0.39 is 0 Å². The Morgan fingerprint density at radius 2 is 1.70 bits per heavy atom. The Kier molecular flexibility index (Phi) is 7.98. The predicted molar refractivity (Wildman–Crippen MR) is 121 cm³/mol. The average molecular weight is 411 g/mol. The number of benzene rings is 2. The van der Waals surface area contributed by atoms with E-state index in [1.54, 1.807) is 19.1 Å². The first-order chi connectivity index (χ1) is 14.2. The van der Waals surface area contributed by atoms with Crippen LogP contribution in [0, 0.1) is 20.8 Å². The average Bonchev–Trinajstić information content (AvgIpc) is 2.67. The Morgan fingerprint density at radius 3 is 2.33 bits per heavy atom. The van der Waals surface area contributed by atoms with Gasteiger partial charge in [0.1, 0.15) is 5.75 Å². The predicted octanol–water partition coefficient (Wildman–Crippen LogP) is 4.01. The second kappa shape index (κ2) is 10.4. The van der Waals surface area contributed by atoms with Crippen LogP contribution in [0.15, 0.2) is 35.4 Å². The van der Waals surface area contributed by atoms with Gasteiger partial charge < -0.3 is 15.7 Å². The normalized spacial score (nSPS) is 11.2. The topological polar surface area (TPSA) is 103 Å². The van der Waals surface area contributed by atoms with Crippen LogP contribution < -0.4 is 16.1 Å². The lowest BCUT2D eigenvalue weighted by atomic mass is 10.1. The number of hydrazone groups is 1. The lowest BCUT2D eigenvalue weighted by Crippen LogP contribution is -2.27. The van der Waals surface area contributed by atoms with E-state index in [1.165, 1.54) is 11.6 Å². The molecular formula is C23H30N4O3. The monoisotopic (exact) mass is 410 g/mol. The summed E-state index contributed by atoms with van der Waals surface area (Å²) in [5, 5.41) is 20.1. The highest BCUT2D eigenvalue weighted by atomic mass is 16.3.